The SMILES string of the molecule is Cc1c(N(CC(=O)NNC2=CCN(C)CC2)S(=O)(=O)c2ccccc2)c(=O)n(-c2ccccc2)n1C. The number of anilines is 1. The number of sulfonamides is 1. The van der Waals surface area contributed by atoms with Crippen LogP contribution in [0.3, 0.4) is 0 Å². The molecule has 0 saturated heterocycles. The summed E-state index contributed by atoms with van der Waals surface area (Å²) in [6.07, 6.45) is 2.69. The number of nitrogens with zero attached hydrogens (tertiary/aromatic N) is 4. The Kier molecular flexibility index (Phi) is 7.32. The van der Waals surface area contributed by atoms with E-state index in [0.29, 0.717) is 11.4 Å². The Balaban J connectivity index is 1.72. The van der Waals surface area contributed by atoms with Crippen LogP contribution >= 0.6 is 0 Å². The molecule has 0 unspecified atom stereocenters. The minimum atomic E-state index is -4.23. The molecule has 1 aromatic heterocycles. The first-order valence-electron chi connectivity index (χ1n) is 11.5. The molecule has 3 aromatic rings. The Labute approximate surface area is 210 Å². The minimum absolute atomic E-state index is 0.0160. The van der Waals surface area contributed by atoms with Crippen molar-refractivity contribution in [3.8, 4) is 5.69 Å². The molecule has 190 valence electrons. The predicted molar refractivity (Wildman–Crippen MR) is 138 cm³/mol. The molecule has 1 aliphatic rings. The molecule has 1 amide bonds. The minimum Gasteiger partial charge on any atom is -0.303 e. The van der Waals surface area contributed by atoms with E-state index in [0.717, 1.165) is 29.5 Å². The van der Waals surface area contributed by atoms with Crippen molar-refractivity contribution >= 4 is 21.6 Å². The summed E-state index contributed by atoms with van der Waals surface area (Å²) < 4.78 is 31.3. The molecule has 0 radical (unpaired) electrons. The van der Waals surface area contributed by atoms with Crippen molar-refractivity contribution < 1.29 is 13.2 Å². The number of benzene rings is 2. The highest BCUT2D eigenvalue weighted by Gasteiger charge is 2.33. The fourth-order valence-corrected chi connectivity index (χ4v) is 5.54. The Morgan fingerprint density at radius 3 is 2.28 bits per heavy atom. The van der Waals surface area contributed by atoms with E-state index in [2.05, 4.69) is 15.8 Å². The van der Waals surface area contributed by atoms with Crippen LogP contribution in [0.5, 0.6) is 0 Å². The van der Waals surface area contributed by atoms with Gasteiger partial charge in [0.1, 0.15) is 12.2 Å². The highest BCUT2D eigenvalue weighted by atomic mass is 32.2. The lowest BCUT2D eigenvalue weighted by molar-refractivity contribution is -0.120. The van der Waals surface area contributed by atoms with E-state index in [9.17, 15) is 18.0 Å². The number of para-hydroxylation sites is 1. The monoisotopic (exact) mass is 510 g/mol. The van der Waals surface area contributed by atoms with Gasteiger partial charge < -0.3 is 10.3 Å². The van der Waals surface area contributed by atoms with Crippen LogP contribution in [-0.2, 0) is 21.9 Å². The third kappa shape index (κ3) is 5.07. The van der Waals surface area contributed by atoms with Gasteiger partial charge in [0, 0.05) is 32.3 Å². The van der Waals surface area contributed by atoms with Gasteiger partial charge in [-0.05, 0) is 44.3 Å². The van der Waals surface area contributed by atoms with E-state index in [-0.39, 0.29) is 10.6 Å². The summed E-state index contributed by atoms with van der Waals surface area (Å²) in [5, 5.41) is 0. The predicted octanol–water partition coefficient (Wildman–Crippen LogP) is 1.52. The number of hydrazine groups is 1. The number of nitrogens with one attached hydrogen (secondary N) is 2. The average molecular weight is 511 g/mol. The molecule has 4 rings (SSSR count). The average Bonchev–Trinajstić information content (AvgIpc) is 3.10. The fourth-order valence-electron chi connectivity index (χ4n) is 4.05. The number of hydrogen-bond acceptors (Lipinski definition) is 6. The van der Waals surface area contributed by atoms with Crippen LogP contribution in [0.1, 0.15) is 12.1 Å². The molecule has 0 aliphatic carbocycles. The van der Waals surface area contributed by atoms with E-state index in [1.807, 2.05) is 19.2 Å². The van der Waals surface area contributed by atoms with Crippen molar-refractivity contribution in [3.05, 3.63) is 88.5 Å². The maximum Gasteiger partial charge on any atom is 0.296 e. The molecule has 1 aliphatic heterocycles. The largest absolute Gasteiger partial charge is 0.303 e. The fraction of sp³-hybridized carbons (Fsp3) is 0.280. The summed E-state index contributed by atoms with van der Waals surface area (Å²) in [4.78, 5) is 28.7. The number of amides is 1. The number of rotatable bonds is 8. The van der Waals surface area contributed by atoms with Gasteiger partial charge >= 0.3 is 0 Å². The summed E-state index contributed by atoms with van der Waals surface area (Å²) >= 11 is 0. The second-order valence-electron chi connectivity index (χ2n) is 8.65. The first-order valence-corrected chi connectivity index (χ1v) is 13.0. The second kappa shape index (κ2) is 10.4. The van der Waals surface area contributed by atoms with Gasteiger partial charge in [0.05, 0.1) is 16.3 Å². The van der Waals surface area contributed by atoms with Crippen LogP contribution < -0.4 is 20.7 Å². The Hall–Kier alpha value is -3.83. The lowest BCUT2D eigenvalue weighted by Gasteiger charge is -2.25. The molecular weight excluding hydrogens is 480 g/mol. The van der Waals surface area contributed by atoms with E-state index in [1.165, 1.54) is 16.8 Å². The molecule has 0 spiro atoms. The van der Waals surface area contributed by atoms with Crippen molar-refractivity contribution in [2.45, 2.75) is 18.2 Å². The van der Waals surface area contributed by atoms with E-state index in [4.69, 9.17) is 0 Å². The Morgan fingerprint density at radius 1 is 1.03 bits per heavy atom. The van der Waals surface area contributed by atoms with Crippen molar-refractivity contribution in [2.24, 2.45) is 7.05 Å². The molecule has 0 bridgehead atoms. The number of aromatic nitrogens is 2. The summed E-state index contributed by atoms with van der Waals surface area (Å²) in [6, 6.07) is 16.7. The van der Waals surface area contributed by atoms with Gasteiger partial charge in [-0.2, -0.15) is 0 Å². The zero-order chi connectivity index (χ0) is 25.9. The topological polar surface area (TPSA) is 109 Å². The number of likely N-dealkylation sites (N-methyl/N-ethyl adjacent to an activating group) is 1. The zero-order valence-corrected chi connectivity index (χ0v) is 21.3. The third-order valence-corrected chi connectivity index (χ3v) is 7.93. The highest BCUT2D eigenvalue weighted by molar-refractivity contribution is 7.92. The number of carbonyl (C=O) groups excluding carboxylic acids is 1. The maximum atomic E-state index is 13.7. The summed E-state index contributed by atoms with van der Waals surface area (Å²) in [5.41, 5.74) is 6.68. The standard InChI is InChI=1S/C25H30N6O4S/c1-19-24(25(33)31(29(19)3)21-10-6-4-7-11-21)30(36(34,35)22-12-8-5-9-13-22)18-23(32)27-26-20-14-16-28(2)17-15-20/h4-14,26H,15-18H2,1-3H3,(H,27,32). The lowest BCUT2D eigenvalue weighted by atomic mass is 10.2. The zero-order valence-electron chi connectivity index (χ0n) is 20.5. The molecule has 36 heavy (non-hydrogen) atoms. The summed E-state index contributed by atoms with van der Waals surface area (Å²) in [6.45, 7) is 2.66. The van der Waals surface area contributed by atoms with Crippen molar-refractivity contribution in [2.75, 3.05) is 31.0 Å². The molecule has 2 heterocycles. The van der Waals surface area contributed by atoms with Crippen LogP contribution in [0.2, 0.25) is 0 Å². The third-order valence-electron chi connectivity index (χ3n) is 6.17. The summed E-state index contributed by atoms with van der Waals surface area (Å²) in [5.74, 6) is -0.594. The van der Waals surface area contributed by atoms with Gasteiger partial charge in [-0.3, -0.25) is 19.7 Å². The quantitative estimate of drug-likeness (QED) is 0.445. The lowest BCUT2D eigenvalue weighted by Crippen LogP contribution is -2.47. The number of hydrogen-bond donors (Lipinski definition) is 2. The maximum absolute atomic E-state index is 13.7. The molecular formula is C25H30N6O4S. The van der Waals surface area contributed by atoms with Crippen molar-refractivity contribution in [1.82, 2.24) is 25.1 Å². The van der Waals surface area contributed by atoms with Gasteiger partial charge in [-0.1, -0.05) is 36.4 Å². The first-order chi connectivity index (χ1) is 17.2. The molecule has 0 saturated carbocycles. The van der Waals surface area contributed by atoms with E-state index >= 15 is 0 Å². The van der Waals surface area contributed by atoms with Gasteiger partial charge in [0.25, 0.3) is 21.5 Å². The normalized spacial score (nSPS) is 14.2. The first kappa shape index (κ1) is 25.3. The second-order valence-corrected chi connectivity index (χ2v) is 10.5. The molecule has 10 nitrogen and oxygen atoms in total. The summed E-state index contributed by atoms with van der Waals surface area (Å²) in [7, 11) is -0.556. The van der Waals surface area contributed by atoms with E-state index < -0.39 is 28.0 Å². The van der Waals surface area contributed by atoms with Crippen LogP contribution in [0.15, 0.2) is 82.1 Å². The molecule has 11 heteroatoms. The van der Waals surface area contributed by atoms with Gasteiger partial charge in [-0.25, -0.2) is 17.4 Å². The van der Waals surface area contributed by atoms with Crippen molar-refractivity contribution in [3.63, 3.8) is 0 Å². The van der Waals surface area contributed by atoms with Crippen LogP contribution in [0.25, 0.3) is 5.69 Å². The molecule has 0 fully saturated rings. The molecule has 2 N–H and O–H groups in total. The highest BCUT2D eigenvalue weighted by Crippen LogP contribution is 2.25. The molecule has 0 atom stereocenters. The van der Waals surface area contributed by atoms with Crippen molar-refractivity contribution in [1.29, 1.82) is 0 Å². The van der Waals surface area contributed by atoms with E-state index in [1.54, 1.807) is 61.1 Å². The van der Waals surface area contributed by atoms with Crippen LogP contribution in [-0.4, -0.2) is 55.3 Å². The Bertz CT molecular complexity index is 1430. The van der Waals surface area contributed by atoms with Gasteiger partial charge in [0.15, 0.2) is 0 Å². The van der Waals surface area contributed by atoms with Gasteiger partial charge in [-0.15, -0.1) is 0 Å². The number of carbonyl (C=O) groups is 1. The van der Waals surface area contributed by atoms with Gasteiger partial charge in [0.2, 0.25) is 0 Å². The Morgan fingerprint density at radius 2 is 1.67 bits per heavy atom. The smallest absolute Gasteiger partial charge is 0.296 e. The molecule has 2 aromatic carbocycles. The van der Waals surface area contributed by atoms with Crippen LogP contribution in [0, 0.1) is 6.92 Å². The van der Waals surface area contributed by atoms with Crippen LogP contribution in [0.4, 0.5) is 5.69 Å².